The standard InChI is InChI=1S/C20H20N4O/c1-13-6-4-8-16(10-13)22-19(25)18-12-15(3)21-20(24-18)23-17-9-5-7-14(2)11-17/h4-12H,1-3H3,(H,22,25)(H,21,23,24). The minimum absolute atomic E-state index is 0.261. The number of amides is 1. The molecule has 0 aliphatic carbocycles. The Hall–Kier alpha value is -3.21. The second-order valence-electron chi connectivity index (χ2n) is 6.04. The van der Waals surface area contributed by atoms with Crippen LogP contribution >= 0.6 is 0 Å². The molecule has 0 saturated heterocycles. The van der Waals surface area contributed by atoms with Gasteiger partial charge in [-0.25, -0.2) is 9.97 Å². The second kappa shape index (κ2) is 7.13. The number of hydrogen-bond donors (Lipinski definition) is 2. The SMILES string of the molecule is Cc1cccc(NC(=O)c2cc(C)nc(Nc3cccc(C)c3)n2)c1. The largest absolute Gasteiger partial charge is 0.324 e. The molecule has 5 nitrogen and oxygen atoms in total. The molecule has 5 heteroatoms. The van der Waals surface area contributed by atoms with Crippen molar-refractivity contribution in [1.29, 1.82) is 0 Å². The van der Waals surface area contributed by atoms with Crippen molar-refractivity contribution >= 4 is 23.2 Å². The number of aromatic nitrogens is 2. The van der Waals surface area contributed by atoms with Gasteiger partial charge in [-0.05, 0) is 62.2 Å². The Kier molecular flexibility index (Phi) is 4.75. The highest BCUT2D eigenvalue weighted by molar-refractivity contribution is 6.03. The Balaban J connectivity index is 1.82. The van der Waals surface area contributed by atoms with E-state index >= 15 is 0 Å². The quantitative estimate of drug-likeness (QED) is 0.743. The first-order chi connectivity index (χ1) is 12.0. The summed E-state index contributed by atoms with van der Waals surface area (Å²) in [6, 6.07) is 17.2. The fourth-order valence-electron chi connectivity index (χ4n) is 2.51. The lowest BCUT2D eigenvalue weighted by Gasteiger charge is -2.09. The molecular weight excluding hydrogens is 312 g/mol. The van der Waals surface area contributed by atoms with Crippen LogP contribution in [0, 0.1) is 20.8 Å². The number of hydrogen-bond acceptors (Lipinski definition) is 4. The lowest BCUT2D eigenvalue weighted by atomic mass is 10.2. The molecule has 0 fully saturated rings. The molecule has 1 heterocycles. The first-order valence-corrected chi connectivity index (χ1v) is 8.07. The van der Waals surface area contributed by atoms with Crippen molar-refractivity contribution in [2.24, 2.45) is 0 Å². The number of aryl methyl sites for hydroxylation is 3. The Morgan fingerprint density at radius 2 is 1.48 bits per heavy atom. The van der Waals surface area contributed by atoms with E-state index in [9.17, 15) is 4.79 Å². The van der Waals surface area contributed by atoms with Crippen molar-refractivity contribution in [3.63, 3.8) is 0 Å². The van der Waals surface area contributed by atoms with Crippen molar-refractivity contribution < 1.29 is 4.79 Å². The second-order valence-corrected chi connectivity index (χ2v) is 6.04. The Bertz CT molecular complexity index is 921. The maximum absolute atomic E-state index is 12.5. The molecule has 3 rings (SSSR count). The number of rotatable bonds is 4. The Labute approximate surface area is 147 Å². The van der Waals surface area contributed by atoms with Gasteiger partial charge in [0.1, 0.15) is 5.69 Å². The van der Waals surface area contributed by atoms with E-state index in [4.69, 9.17) is 0 Å². The van der Waals surface area contributed by atoms with Crippen LogP contribution in [0.5, 0.6) is 0 Å². The van der Waals surface area contributed by atoms with E-state index in [1.165, 1.54) is 0 Å². The van der Waals surface area contributed by atoms with Crippen LogP contribution in [0.3, 0.4) is 0 Å². The van der Waals surface area contributed by atoms with E-state index in [1.54, 1.807) is 6.07 Å². The minimum atomic E-state index is -0.261. The smallest absolute Gasteiger partial charge is 0.274 e. The summed E-state index contributed by atoms with van der Waals surface area (Å²) < 4.78 is 0. The van der Waals surface area contributed by atoms with Crippen LogP contribution in [-0.4, -0.2) is 15.9 Å². The molecule has 0 aliphatic heterocycles. The fraction of sp³-hybridized carbons (Fsp3) is 0.150. The van der Waals surface area contributed by atoms with Gasteiger partial charge in [-0.3, -0.25) is 4.79 Å². The molecule has 2 N–H and O–H groups in total. The highest BCUT2D eigenvalue weighted by Crippen LogP contribution is 2.16. The molecule has 2 aromatic carbocycles. The number of anilines is 3. The van der Waals surface area contributed by atoms with Gasteiger partial charge in [0.2, 0.25) is 5.95 Å². The fourth-order valence-corrected chi connectivity index (χ4v) is 2.51. The molecule has 0 atom stereocenters. The summed E-state index contributed by atoms with van der Waals surface area (Å²) in [5.41, 5.74) is 4.89. The average molecular weight is 332 g/mol. The summed E-state index contributed by atoms with van der Waals surface area (Å²) in [6.45, 7) is 5.84. The van der Waals surface area contributed by atoms with Gasteiger partial charge in [-0.15, -0.1) is 0 Å². The van der Waals surface area contributed by atoms with Crippen LogP contribution in [-0.2, 0) is 0 Å². The zero-order valence-electron chi connectivity index (χ0n) is 14.5. The van der Waals surface area contributed by atoms with E-state index in [1.807, 2.05) is 69.3 Å². The molecule has 0 aliphatic rings. The van der Waals surface area contributed by atoms with Gasteiger partial charge in [0.05, 0.1) is 0 Å². The van der Waals surface area contributed by atoms with Crippen LogP contribution < -0.4 is 10.6 Å². The minimum Gasteiger partial charge on any atom is -0.324 e. The summed E-state index contributed by atoms with van der Waals surface area (Å²) in [5, 5.41) is 6.02. The van der Waals surface area contributed by atoms with E-state index in [-0.39, 0.29) is 5.91 Å². The molecular formula is C20H20N4O. The van der Waals surface area contributed by atoms with Crippen molar-refractivity contribution in [1.82, 2.24) is 9.97 Å². The van der Waals surface area contributed by atoms with Gasteiger partial charge >= 0.3 is 0 Å². The third-order valence-electron chi connectivity index (χ3n) is 3.64. The van der Waals surface area contributed by atoms with Gasteiger partial charge in [0.15, 0.2) is 0 Å². The highest BCUT2D eigenvalue weighted by Gasteiger charge is 2.11. The van der Waals surface area contributed by atoms with Gasteiger partial charge in [-0.2, -0.15) is 0 Å². The first-order valence-electron chi connectivity index (χ1n) is 8.07. The number of nitrogens with zero attached hydrogens (tertiary/aromatic N) is 2. The number of nitrogens with one attached hydrogen (secondary N) is 2. The summed E-state index contributed by atoms with van der Waals surface area (Å²) in [5.74, 6) is 0.142. The molecule has 1 aromatic heterocycles. The predicted octanol–water partition coefficient (Wildman–Crippen LogP) is 4.40. The van der Waals surface area contributed by atoms with Crippen molar-refractivity contribution in [2.75, 3.05) is 10.6 Å². The molecule has 3 aromatic rings. The molecule has 1 amide bonds. The average Bonchev–Trinajstić information content (AvgIpc) is 2.54. The van der Waals surface area contributed by atoms with Crippen molar-refractivity contribution in [2.45, 2.75) is 20.8 Å². The van der Waals surface area contributed by atoms with E-state index in [0.29, 0.717) is 11.6 Å². The lowest BCUT2D eigenvalue weighted by molar-refractivity contribution is 0.102. The van der Waals surface area contributed by atoms with Crippen LogP contribution in [0.15, 0.2) is 54.6 Å². The van der Waals surface area contributed by atoms with Crippen molar-refractivity contribution in [3.05, 3.63) is 77.1 Å². The van der Waals surface area contributed by atoms with Gasteiger partial charge in [0.25, 0.3) is 5.91 Å². The third-order valence-corrected chi connectivity index (χ3v) is 3.64. The molecule has 0 saturated carbocycles. The number of carbonyl (C=O) groups is 1. The maximum atomic E-state index is 12.5. The Morgan fingerprint density at radius 1 is 0.840 bits per heavy atom. The van der Waals surface area contributed by atoms with E-state index in [0.717, 1.165) is 28.2 Å². The summed E-state index contributed by atoms with van der Waals surface area (Å²) in [7, 11) is 0. The maximum Gasteiger partial charge on any atom is 0.274 e. The molecule has 0 spiro atoms. The normalized spacial score (nSPS) is 10.4. The molecule has 126 valence electrons. The number of benzene rings is 2. The summed E-state index contributed by atoms with van der Waals surface area (Å²) in [6.07, 6.45) is 0. The van der Waals surface area contributed by atoms with Crippen LogP contribution in [0.1, 0.15) is 27.3 Å². The molecule has 0 unspecified atom stereocenters. The third kappa shape index (κ3) is 4.41. The van der Waals surface area contributed by atoms with Crippen LogP contribution in [0.4, 0.5) is 17.3 Å². The van der Waals surface area contributed by atoms with Crippen LogP contribution in [0.2, 0.25) is 0 Å². The molecule has 0 bridgehead atoms. The first kappa shape index (κ1) is 16.6. The van der Waals surface area contributed by atoms with Gasteiger partial charge in [0, 0.05) is 17.1 Å². The summed E-state index contributed by atoms with van der Waals surface area (Å²) >= 11 is 0. The van der Waals surface area contributed by atoms with E-state index < -0.39 is 0 Å². The number of carbonyl (C=O) groups excluding carboxylic acids is 1. The molecule has 0 radical (unpaired) electrons. The van der Waals surface area contributed by atoms with Crippen LogP contribution in [0.25, 0.3) is 0 Å². The highest BCUT2D eigenvalue weighted by atomic mass is 16.1. The zero-order valence-corrected chi connectivity index (χ0v) is 14.5. The monoisotopic (exact) mass is 332 g/mol. The summed E-state index contributed by atoms with van der Waals surface area (Å²) in [4.78, 5) is 21.2. The van der Waals surface area contributed by atoms with Crippen molar-refractivity contribution in [3.8, 4) is 0 Å². The predicted molar refractivity (Wildman–Crippen MR) is 100 cm³/mol. The van der Waals surface area contributed by atoms with E-state index in [2.05, 4.69) is 20.6 Å². The molecule has 25 heavy (non-hydrogen) atoms. The zero-order chi connectivity index (χ0) is 17.8. The van der Waals surface area contributed by atoms with Gasteiger partial charge in [-0.1, -0.05) is 24.3 Å². The lowest BCUT2D eigenvalue weighted by Crippen LogP contribution is -2.15. The topological polar surface area (TPSA) is 66.9 Å². The Morgan fingerprint density at radius 3 is 2.16 bits per heavy atom. The van der Waals surface area contributed by atoms with Gasteiger partial charge < -0.3 is 10.6 Å².